The fourth-order valence-electron chi connectivity index (χ4n) is 2.60. The summed E-state index contributed by atoms with van der Waals surface area (Å²) >= 11 is 0. The number of carbonyl (C=O) groups excluding carboxylic acids is 1. The maximum absolute atomic E-state index is 13.0. The molecule has 0 heterocycles. The zero-order valence-electron chi connectivity index (χ0n) is 15.3. The molecule has 0 saturated heterocycles. The number of ether oxygens (including phenoxy) is 1. The highest BCUT2D eigenvalue weighted by Gasteiger charge is 2.29. The number of nitrogens with one attached hydrogen (secondary N) is 1. The van der Waals surface area contributed by atoms with Crippen LogP contribution in [0.25, 0.3) is 0 Å². The van der Waals surface area contributed by atoms with Crippen LogP contribution in [0.1, 0.15) is 23.2 Å². The van der Waals surface area contributed by atoms with Gasteiger partial charge in [-0.05, 0) is 49.2 Å². The van der Waals surface area contributed by atoms with Crippen molar-refractivity contribution in [1.29, 1.82) is 0 Å². The van der Waals surface area contributed by atoms with Crippen LogP contribution in [0, 0.1) is 0 Å². The lowest BCUT2D eigenvalue weighted by molar-refractivity contribution is 0.0601. The van der Waals surface area contributed by atoms with Crippen molar-refractivity contribution in [2.45, 2.75) is 28.7 Å². The van der Waals surface area contributed by atoms with Crippen molar-refractivity contribution in [1.82, 2.24) is 4.72 Å². The Morgan fingerprint density at radius 1 is 1.00 bits per heavy atom. The van der Waals surface area contributed by atoms with Gasteiger partial charge in [0.15, 0.2) is 0 Å². The predicted octanol–water partition coefficient (Wildman–Crippen LogP) is 1.74. The number of sulfonamides is 2. The molecule has 8 nitrogen and oxygen atoms in total. The smallest absolute Gasteiger partial charge is 0.340 e. The largest absolute Gasteiger partial charge is 0.465 e. The summed E-state index contributed by atoms with van der Waals surface area (Å²) in [7, 11) is -5.16. The average molecular weight is 425 g/mol. The molecule has 0 unspecified atom stereocenters. The van der Waals surface area contributed by atoms with Crippen molar-refractivity contribution < 1.29 is 26.4 Å². The molecule has 1 saturated carbocycles. The third kappa shape index (κ3) is 4.03. The van der Waals surface area contributed by atoms with E-state index in [2.05, 4.69) is 4.72 Å². The Kier molecular flexibility index (Phi) is 5.46. The molecule has 0 radical (unpaired) electrons. The topological polar surface area (TPSA) is 110 Å². The standard InChI is InChI=1S/C18H20N2O6S2/c1-20(17-6-4-3-5-16(17)18(21)26-2)28(24,25)15-11-9-14(10-12-15)27(22,23)19-13-7-8-13/h3-6,9-13,19H,7-8H2,1-2H3. The van der Waals surface area contributed by atoms with Gasteiger partial charge < -0.3 is 4.74 Å². The van der Waals surface area contributed by atoms with Crippen LogP contribution in [0.4, 0.5) is 5.69 Å². The second-order valence-electron chi connectivity index (χ2n) is 6.35. The van der Waals surface area contributed by atoms with E-state index < -0.39 is 26.0 Å². The molecule has 2 aromatic rings. The summed E-state index contributed by atoms with van der Waals surface area (Å²) in [5, 5.41) is 0. The van der Waals surface area contributed by atoms with Crippen LogP contribution in [0.15, 0.2) is 58.3 Å². The fraction of sp³-hybridized carbons (Fsp3) is 0.278. The van der Waals surface area contributed by atoms with Gasteiger partial charge in [0.2, 0.25) is 10.0 Å². The molecule has 28 heavy (non-hydrogen) atoms. The van der Waals surface area contributed by atoms with Gasteiger partial charge in [-0.15, -0.1) is 0 Å². The molecule has 3 rings (SSSR count). The van der Waals surface area contributed by atoms with Crippen LogP contribution in [-0.4, -0.2) is 43.0 Å². The van der Waals surface area contributed by atoms with E-state index in [9.17, 15) is 21.6 Å². The molecule has 1 aliphatic carbocycles. The molecule has 0 atom stereocenters. The lowest BCUT2D eigenvalue weighted by Crippen LogP contribution is -2.28. The highest BCUT2D eigenvalue weighted by atomic mass is 32.2. The predicted molar refractivity (Wildman–Crippen MR) is 103 cm³/mol. The highest BCUT2D eigenvalue weighted by molar-refractivity contribution is 7.92. The quantitative estimate of drug-likeness (QED) is 0.678. The second kappa shape index (κ2) is 7.53. The number of benzene rings is 2. The molecule has 1 fully saturated rings. The summed E-state index contributed by atoms with van der Waals surface area (Å²) in [6, 6.07) is 11.1. The molecule has 0 aliphatic heterocycles. The third-order valence-electron chi connectivity index (χ3n) is 4.34. The molecule has 10 heteroatoms. The summed E-state index contributed by atoms with van der Waals surface area (Å²) in [6.45, 7) is 0. The lowest BCUT2D eigenvalue weighted by atomic mass is 10.2. The van der Waals surface area contributed by atoms with Gasteiger partial charge in [-0.3, -0.25) is 4.31 Å². The average Bonchev–Trinajstić information content (AvgIpc) is 3.50. The Hall–Kier alpha value is -2.43. The van der Waals surface area contributed by atoms with E-state index in [1.54, 1.807) is 12.1 Å². The van der Waals surface area contributed by atoms with E-state index in [0.717, 1.165) is 17.1 Å². The van der Waals surface area contributed by atoms with Crippen molar-refractivity contribution in [2.75, 3.05) is 18.5 Å². The number of hydrogen-bond acceptors (Lipinski definition) is 6. The lowest BCUT2D eigenvalue weighted by Gasteiger charge is -2.21. The summed E-state index contributed by atoms with van der Waals surface area (Å²) in [6.07, 6.45) is 1.60. The van der Waals surface area contributed by atoms with E-state index in [1.807, 2.05) is 0 Å². The first kappa shape index (κ1) is 20.3. The first-order chi connectivity index (χ1) is 13.2. The molecule has 1 aliphatic rings. The monoisotopic (exact) mass is 424 g/mol. The normalized spacial score (nSPS) is 14.5. The van der Waals surface area contributed by atoms with Crippen LogP contribution in [0.5, 0.6) is 0 Å². The number of anilines is 1. The van der Waals surface area contributed by atoms with Gasteiger partial charge in [0, 0.05) is 13.1 Å². The van der Waals surface area contributed by atoms with Crippen molar-refractivity contribution >= 4 is 31.7 Å². The van der Waals surface area contributed by atoms with Crippen molar-refractivity contribution in [3.63, 3.8) is 0 Å². The van der Waals surface area contributed by atoms with Crippen molar-refractivity contribution in [2.24, 2.45) is 0 Å². The van der Waals surface area contributed by atoms with Gasteiger partial charge in [0.25, 0.3) is 10.0 Å². The molecule has 0 aromatic heterocycles. The van der Waals surface area contributed by atoms with Crippen LogP contribution in [0.3, 0.4) is 0 Å². The molecule has 0 amide bonds. The molecular formula is C18H20N2O6S2. The number of carbonyl (C=O) groups is 1. The molecule has 0 bridgehead atoms. The van der Waals surface area contributed by atoms with E-state index in [-0.39, 0.29) is 27.1 Å². The summed E-state index contributed by atoms with van der Waals surface area (Å²) in [5.74, 6) is -0.662. The van der Waals surface area contributed by atoms with E-state index in [4.69, 9.17) is 4.74 Å². The Morgan fingerprint density at radius 2 is 1.57 bits per heavy atom. The molecule has 2 aromatic carbocycles. The number of hydrogen-bond donors (Lipinski definition) is 1. The number of nitrogens with zero attached hydrogens (tertiary/aromatic N) is 1. The van der Waals surface area contributed by atoms with Gasteiger partial charge >= 0.3 is 5.97 Å². The zero-order valence-corrected chi connectivity index (χ0v) is 17.0. The minimum atomic E-state index is -4.02. The second-order valence-corrected chi connectivity index (χ2v) is 10.0. The number of esters is 1. The number of rotatable bonds is 7. The first-order valence-corrected chi connectivity index (χ1v) is 11.4. The fourth-order valence-corrected chi connectivity index (χ4v) is 5.12. The highest BCUT2D eigenvalue weighted by Crippen LogP contribution is 2.27. The maximum atomic E-state index is 13.0. The zero-order chi connectivity index (χ0) is 20.5. The van der Waals surface area contributed by atoms with Gasteiger partial charge in [0.05, 0.1) is 28.2 Å². The van der Waals surface area contributed by atoms with Crippen LogP contribution < -0.4 is 9.03 Å². The Morgan fingerprint density at radius 3 is 2.14 bits per heavy atom. The summed E-state index contributed by atoms with van der Waals surface area (Å²) in [4.78, 5) is 11.8. The first-order valence-electron chi connectivity index (χ1n) is 8.45. The van der Waals surface area contributed by atoms with Gasteiger partial charge in [-0.25, -0.2) is 26.4 Å². The number of methoxy groups -OCH3 is 1. The SMILES string of the molecule is COC(=O)c1ccccc1N(C)S(=O)(=O)c1ccc(S(=O)(=O)NC2CC2)cc1. The summed E-state index contributed by atoms with van der Waals surface area (Å²) < 4.78 is 58.6. The molecular weight excluding hydrogens is 404 g/mol. The maximum Gasteiger partial charge on any atom is 0.340 e. The molecule has 0 spiro atoms. The van der Waals surface area contributed by atoms with Crippen molar-refractivity contribution in [3.8, 4) is 0 Å². The molecule has 150 valence electrons. The van der Waals surface area contributed by atoms with E-state index in [1.165, 1.54) is 50.6 Å². The van der Waals surface area contributed by atoms with Gasteiger partial charge in [0.1, 0.15) is 0 Å². The Bertz CT molecular complexity index is 1090. The minimum Gasteiger partial charge on any atom is -0.465 e. The van der Waals surface area contributed by atoms with Crippen LogP contribution >= 0.6 is 0 Å². The van der Waals surface area contributed by atoms with Gasteiger partial charge in [-0.1, -0.05) is 12.1 Å². The summed E-state index contributed by atoms with van der Waals surface area (Å²) in [5.41, 5.74) is 0.255. The van der Waals surface area contributed by atoms with E-state index in [0.29, 0.717) is 0 Å². The van der Waals surface area contributed by atoms with Gasteiger partial charge in [-0.2, -0.15) is 0 Å². The number of para-hydroxylation sites is 1. The Labute approximate surface area is 164 Å². The Balaban J connectivity index is 1.92. The third-order valence-corrected chi connectivity index (χ3v) is 7.66. The van der Waals surface area contributed by atoms with Crippen LogP contribution in [-0.2, 0) is 24.8 Å². The van der Waals surface area contributed by atoms with E-state index >= 15 is 0 Å². The molecule has 1 N–H and O–H groups in total. The minimum absolute atomic E-state index is 0.00374. The van der Waals surface area contributed by atoms with Crippen molar-refractivity contribution in [3.05, 3.63) is 54.1 Å². The van der Waals surface area contributed by atoms with Crippen LogP contribution in [0.2, 0.25) is 0 Å².